The largest absolute Gasteiger partial charge is 0.381 e. The van der Waals surface area contributed by atoms with Crippen molar-refractivity contribution in [1.29, 1.82) is 0 Å². The quantitative estimate of drug-likeness (QED) is 0.826. The Morgan fingerprint density at radius 2 is 2.19 bits per heavy atom. The number of aromatic amines is 1. The minimum Gasteiger partial charge on any atom is -0.381 e. The Hall–Kier alpha value is -1.06. The van der Waals surface area contributed by atoms with Crippen LogP contribution in [0.25, 0.3) is 11.0 Å². The van der Waals surface area contributed by atoms with E-state index < -0.39 is 0 Å². The molecule has 0 spiro atoms. The maximum Gasteiger partial charge on any atom is 0.138 e. The first-order valence-electron chi connectivity index (χ1n) is 5.55. The zero-order valence-corrected chi connectivity index (χ0v) is 9.63. The zero-order chi connectivity index (χ0) is 11.0. The molecule has 0 bridgehead atoms. The second-order valence-electron chi connectivity index (χ2n) is 4.17. The van der Waals surface area contributed by atoms with Crippen molar-refractivity contribution in [2.75, 3.05) is 13.2 Å². The van der Waals surface area contributed by atoms with Crippen molar-refractivity contribution in [3.05, 3.63) is 29.0 Å². The summed E-state index contributed by atoms with van der Waals surface area (Å²) < 4.78 is 5.36. The van der Waals surface area contributed by atoms with E-state index in [0.29, 0.717) is 5.92 Å². The van der Waals surface area contributed by atoms with Crippen LogP contribution in [-0.2, 0) is 4.74 Å². The van der Waals surface area contributed by atoms with E-state index in [1.54, 1.807) is 6.20 Å². The highest BCUT2D eigenvalue weighted by molar-refractivity contribution is 6.35. The number of pyridine rings is 1. The molecule has 3 rings (SSSR count). The van der Waals surface area contributed by atoms with Crippen molar-refractivity contribution >= 4 is 22.6 Å². The van der Waals surface area contributed by atoms with Crippen molar-refractivity contribution < 1.29 is 4.74 Å². The molecule has 4 heteroatoms. The molecular weight excluding hydrogens is 224 g/mol. The van der Waals surface area contributed by atoms with Crippen molar-refractivity contribution in [3.8, 4) is 0 Å². The van der Waals surface area contributed by atoms with Crippen molar-refractivity contribution in [2.45, 2.75) is 18.8 Å². The van der Waals surface area contributed by atoms with E-state index in [4.69, 9.17) is 16.3 Å². The molecule has 1 fully saturated rings. The van der Waals surface area contributed by atoms with Gasteiger partial charge in [0.2, 0.25) is 0 Å². The molecule has 84 valence electrons. The highest BCUT2D eigenvalue weighted by atomic mass is 35.5. The number of halogens is 1. The van der Waals surface area contributed by atoms with E-state index in [9.17, 15) is 0 Å². The lowest BCUT2D eigenvalue weighted by molar-refractivity contribution is 0.0846. The molecule has 0 atom stereocenters. The number of nitrogens with one attached hydrogen (secondary N) is 1. The SMILES string of the molecule is Clc1ccnc2[nH]c(C3CCOCC3)cc12. The fraction of sp³-hybridized carbons (Fsp3) is 0.417. The molecule has 1 saturated heterocycles. The van der Waals surface area contributed by atoms with E-state index in [1.807, 2.05) is 6.07 Å². The van der Waals surface area contributed by atoms with Gasteiger partial charge in [-0.2, -0.15) is 0 Å². The number of aromatic nitrogens is 2. The molecule has 0 aliphatic carbocycles. The summed E-state index contributed by atoms with van der Waals surface area (Å²) in [5.41, 5.74) is 2.12. The van der Waals surface area contributed by atoms with Gasteiger partial charge in [-0.3, -0.25) is 0 Å². The number of fused-ring (bicyclic) bond motifs is 1. The molecular formula is C12H13ClN2O. The Morgan fingerprint density at radius 1 is 1.38 bits per heavy atom. The maximum atomic E-state index is 6.12. The second-order valence-corrected chi connectivity index (χ2v) is 4.57. The summed E-state index contributed by atoms with van der Waals surface area (Å²) in [7, 11) is 0. The highest BCUT2D eigenvalue weighted by Gasteiger charge is 2.18. The van der Waals surface area contributed by atoms with Crippen LogP contribution in [0.4, 0.5) is 0 Å². The van der Waals surface area contributed by atoms with Gasteiger partial charge in [0.1, 0.15) is 5.65 Å². The molecule has 0 saturated carbocycles. The number of hydrogen-bond acceptors (Lipinski definition) is 2. The van der Waals surface area contributed by atoms with Gasteiger partial charge in [0, 0.05) is 36.4 Å². The first-order chi connectivity index (χ1) is 7.84. The van der Waals surface area contributed by atoms with Gasteiger partial charge in [0.05, 0.1) is 5.02 Å². The lowest BCUT2D eigenvalue weighted by Gasteiger charge is -2.20. The summed E-state index contributed by atoms with van der Waals surface area (Å²) >= 11 is 6.12. The summed E-state index contributed by atoms with van der Waals surface area (Å²) in [6.07, 6.45) is 3.88. The van der Waals surface area contributed by atoms with Crippen LogP contribution in [-0.4, -0.2) is 23.2 Å². The van der Waals surface area contributed by atoms with Crippen LogP contribution in [0.2, 0.25) is 5.02 Å². The number of ether oxygens (including phenoxy) is 1. The van der Waals surface area contributed by atoms with Gasteiger partial charge >= 0.3 is 0 Å². The summed E-state index contributed by atoms with van der Waals surface area (Å²) in [6.45, 7) is 1.70. The van der Waals surface area contributed by atoms with E-state index in [0.717, 1.165) is 42.1 Å². The minimum atomic E-state index is 0.555. The van der Waals surface area contributed by atoms with Crippen LogP contribution in [0, 0.1) is 0 Å². The van der Waals surface area contributed by atoms with Crippen LogP contribution in [0.15, 0.2) is 18.3 Å². The van der Waals surface area contributed by atoms with E-state index >= 15 is 0 Å². The van der Waals surface area contributed by atoms with Crippen molar-refractivity contribution in [3.63, 3.8) is 0 Å². The summed E-state index contributed by atoms with van der Waals surface area (Å²) in [5, 5.41) is 1.78. The Balaban J connectivity index is 2.01. The lowest BCUT2D eigenvalue weighted by atomic mass is 9.97. The molecule has 2 aromatic heterocycles. The highest BCUT2D eigenvalue weighted by Crippen LogP contribution is 2.30. The smallest absolute Gasteiger partial charge is 0.138 e. The number of rotatable bonds is 1. The average Bonchev–Trinajstić information content (AvgIpc) is 2.76. The molecule has 1 aliphatic rings. The van der Waals surface area contributed by atoms with Gasteiger partial charge < -0.3 is 9.72 Å². The number of nitrogens with zero attached hydrogens (tertiary/aromatic N) is 1. The standard InChI is InChI=1S/C12H13ClN2O/c13-10-1-4-14-12-9(10)7-11(15-12)8-2-5-16-6-3-8/h1,4,7-8H,2-3,5-6H2,(H,14,15). The van der Waals surface area contributed by atoms with Gasteiger partial charge in [-0.05, 0) is 25.0 Å². The minimum absolute atomic E-state index is 0.555. The van der Waals surface area contributed by atoms with Crippen LogP contribution in [0.3, 0.4) is 0 Å². The topological polar surface area (TPSA) is 37.9 Å². The Bertz CT molecular complexity index is 503. The zero-order valence-electron chi connectivity index (χ0n) is 8.87. The second kappa shape index (κ2) is 4.07. The number of hydrogen-bond donors (Lipinski definition) is 1. The Morgan fingerprint density at radius 3 is 2.94 bits per heavy atom. The third kappa shape index (κ3) is 1.70. The molecule has 1 N–H and O–H groups in total. The first kappa shape index (κ1) is 10.1. The van der Waals surface area contributed by atoms with E-state index in [2.05, 4.69) is 16.0 Å². The maximum absolute atomic E-state index is 6.12. The normalized spacial score (nSPS) is 18.1. The Kier molecular flexibility index (Phi) is 2.58. The Labute approximate surface area is 98.8 Å². The summed E-state index contributed by atoms with van der Waals surface area (Å²) in [4.78, 5) is 7.64. The van der Waals surface area contributed by atoms with Gasteiger partial charge in [0.15, 0.2) is 0 Å². The average molecular weight is 237 g/mol. The number of H-pyrrole nitrogens is 1. The van der Waals surface area contributed by atoms with E-state index in [-0.39, 0.29) is 0 Å². The molecule has 0 radical (unpaired) electrons. The van der Waals surface area contributed by atoms with Crippen LogP contribution >= 0.6 is 11.6 Å². The molecule has 3 heterocycles. The molecule has 0 aromatic carbocycles. The molecule has 2 aromatic rings. The monoisotopic (exact) mass is 236 g/mol. The van der Waals surface area contributed by atoms with Gasteiger partial charge in [-0.25, -0.2) is 4.98 Å². The molecule has 16 heavy (non-hydrogen) atoms. The summed E-state index contributed by atoms with van der Waals surface area (Å²) in [6, 6.07) is 3.95. The van der Waals surface area contributed by atoms with E-state index in [1.165, 1.54) is 5.69 Å². The predicted octanol–water partition coefficient (Wildman–Crippen LogP) is 3.11. The third-order valence-corrected chi connectivity index (χ3v) is 3.49. The molecule has 0 unspecified atom stereocenters. The third-order valence-electron chi connectivity index (χ3n) is 3.16. The van der Waals surface area contributed by atoms with Crippen LogP contribution in [0.1, 0.15) is 24.5 Å². The van der Waals surface area contributed by atoms with Crippen molar-refractivity contribution in [2.24, 2.45) is 0 Å². The van der Waals surface area contributed by atoms with Crippen LogP contribution < -0.4 is 0 Å². The fourth-order valence-corrected chi connectivity index (χ4v) is 2.44. The van der Waals surface area contributed by atoms with Crippen LogP contribution in [0.5, 0.6) is 0 Å². The molecule has 0 amide bonds. The molecule has 1 aliphatic heterocycles. The van der Waals surface area contributed by atoms with Crippen molar-refractivity contribution in [1.82, 2.24) is 9.97 Å². The molecule has 3 nitrogen and oxygen atoms in total. The first-order valence-corrected chi connectivity index (χ1v) is 5.93. The lowest BCUT2D eigenvalue weighted by Crippen LogP contribution is -2.14. The van der Waals surface area contributed by atoms with Gasteiger partial charge in [-0.1, -0.05) is 11.6 Å². The predicted molar refractivity (Wildman–Crippen MR) is 63.9 cm³/mol. The van der Waals surface area contributed by atoms with Gasteiger partial charge in [0.25, 0.3) is 0 Å². The summed E-state index contributed by atoms with van der Waals surface area (Å²) in [5.74, 6) is 0.555. The fourth-order valence-electron chi connectivity index (χ4n) is 2.24. The van der Waals surface area contributed by atoms with Gasteiger partial charge in [-0.15, -0.1) is 0 Å².